The number of carbonyl (C=O) groups excluding carboxylic acids is 2. The quantitative estimate of drug-likeness (QED) is 0.774. The number of Topliss-reactive ketones (excluding diaryl/α,β-unsaturated/α-hetero) is 1. The van der Waals surface area contributed by atoms with Gasteiger partial charge in [0, 0.05) is 34.1 Å². The van der Waals surface area contributed by atoms with Gasteiger partial charge in [0.15, 0.2) is 11.5 Å². The molecule has 0 bridgehead atoms. The van der Waals surface area contributed by atoms with Gasteiger partial charge >= 0.3 is 0 Å². The zero-order chi connectivity index (χ0) is 16.8. The molecule has 0 amide bonds. The smallest absolute Gasteiger partial charge is 0.229 e. The van der Waals surface area contributed by atoms with Crippen molar-refractivity contribution in [1.29, 1.82) is 0 Å². The summed E-state index contributed by atoms with van der Waals surface area (Å²) in [5.41, 5.74) is 3.36. The minimum atomic E-state index is -1.05. The lowest BCUT2D eigenvalue weighted by Crippen LogP contribution is -2.42. The summed E-state index contributed by atoms with van der Waals surface area (Å²) in [6, 6.07) is 3.63. The van der Waals surface area contributed by atoms with Gasteiger partial charge in [-0.25, -0.2) is 0 Å². The van der Waals surface area contributed by atoms with Crippen molar-refractivity contribution >= 4 is 11.6 Å². The normalized spacial score (nSPS) is 30.1. The molecule has 3 atom stereocenters. The topological polar surface area (TPSA) is 87.7 Å². The van der Waals surface area contributed by atoms with E-state index in [0.717, 1.165) is 11.1 Å². The molecule has 3 aliphatic rings. The number of aliphatic hydroxyl groups is 2. The minimum Gasteiger partial charge on any atom is -0.460 e. The summed E-state index contributed by atoms with van der Waals surface area (Å²) in [7, 11) is 0. The fourth-order valence-electron chi connectivity index (χ4n) is 4.78. The number of hydrogen-bond acceptors (Lipinski definition) is 5. The molecule has 1 heterocycles. The van der Waals surface area contributed by atoms with Crippen molar-refractivity contribution in [1.82, 2.24) is 0 Å². The summed E-state index contributed by atoms with van der Waals surface area (Å²) in [6.07, 6.45) is 0.701. The van der Waals surface area contributed by atoms with Gasteiger partial charge in [0.2, 0.25) is 5.78 Å². The van der Waals surface area contributed by atoms with Gasteiger partial charge in [-0.1, -0.05) is 19.1 Å². The van der Waals surface area contributed by atoms with Crippen LogP contribution in [0.3, 0.4) is 0 Å². The average Bonchev–Trinajstić information content (AvgIpc) is 3.16. The molecule has 2 aromatic rings. The Morgan fingerprint density at radius 1 is 1.21 bits per heavy atom. The first-order valence-corrected chi connectivity index (χ1v) is 8.15. The summed E-state index contributed by atoms with van der Waals surface area (Å²) in [4.78, 5) is 25.1. The van der Waals surface area contributed by atoms with Gasteiger partial charge in [-0.2, -0.15) is 0 Å². The first kappa shape index (κ1) is 14.1. The number of fused-ring (bicyclic) bond motifs is 4. The van der Waals surface area contributed by atoms with Crippen molar-refractivity contribution in [2.24, 2.45) is 0 Å². The van der Waals surface area contributed by atoms with Gasteiger partial charge in [-0.3, -0.25) is 9.59 Å². The van der Waals surface area contributed by atoms with Crippen LogP contribution in [0.2, 0.25) is 0 Å². The minimum absolute atomic E-state index is 0.0655. The number of aliphatic hydroxyl groups excluding tert-OH is 2. The Balaban J connectivity index is 1.86. The molecule has 0 fully saturated rings. The van der Waals surface area contributed by atoms with E-state index < -0.39 is 17.6 Å². The molecule has 3 aliphatic carbocycles. The number of furan rings is 1. The summed E-state index contributed by atoms with van der Waals surface area (Å²) in [5, 5.41) is 20.6. The molecular formula is C19H16O5. The Bertz CT molecular complexity index is 937. The highest BCUT2D eigenvalue weighted by molar-refractivity contribution is 6.15. The fourth-order valence-corrected chi connectivity index (χ4v) is 4.78. The molecule has 1 aromatic heterocycles. The van der Waals surface area contributed by atoms with E-state index in [4.69, 9.17) is 4.42 Å². The molecule has 1 aromatic carbocycles. The van der Waals surface area contributed by atoms with Crippen LogP contribution < -0.4 is 0 Å². The number of benzene rings is 1. The van der Waals surface area contributed by atoms with Crippen LogP contribution in [0.15, 0.2) is 22.8 Å². The second-order valence-corrected chi connectivity index (χ2v) is 7.21. The third-order valence-electron chi connectivity index (χ3n) is 5.91. The molecule has 122 valence electrons. The molecule has 0 saturated heterocycles. The first-order chi connectivity index (χ1) is 11.4. The molecule has 5 heteroatoms. The van der Waals surface area contributed by atoms with E-state index in [2.05, 4.69) is 0 Å². The third kappa shape index (κ3) is 1.43. The Hall–Kier alpha value is -2.24. The van der Waals surface area contributed by atoms with Crippen LogP contribution in [-0.4, -0.2) is 27.9 Å². The Kier molecular flexibility index (Phi) is 2.49. The second-order valence-electron chi connectivity index (χ2n) is 7.21. The molecule has 0 unspecified atom stereocenters. The van der Waals surface area contributed by atoms with Crippen LogP contribution in [0.5, 0.6) is 0 Å². The van der Waals surface area contributed by atoms with Crippen LogP contribution in [0, 0.1) is 0 Å². The maximum Gasteiger partial charge on any atom is 0.229 e. The van der Waals surface area contributed by atoms with E-state index in [1.54, 1.807) is 6.07 Å². The molecule has 2 N–H and O–H groups in total. The summed E-state index contributed by atoms with van der Waals surface area (Å²) in [6.45, 7) is 1.97. The van der Waals surface area contributed by atoms with Crippen molar-refractivity contribution in [3.8, 4) is 0 Å². The van der Waals surface area contributed by atoms with E-state index in [-0.39, 0.29) is 17.3 Å². The highest BCUT2D eigenvalue weighted by Crippen LogP contribution is 2.53. The predicted molar refractivity (Wildman–Crippen MR) is 83.3 cm³/mol. The Labute approximate surface area is 137 Å². The van der Waals surface area contributed by atoms with Gasteiger partial charge in [0.25, 0.3) is 0 Å². The lowest BCUT2D eigenvalue weighted by molar-refractivity contribution is -0.00684. The van der Waals surface area contributed by atoms with E-state index in [0.29, 0.717) is 41.5 Å². The summed E-state index contributed by atoms with van der Waals surface area (Å²) >= 11 is 0. The van der Waals surface area contributed by atoms with Crippen molar-refractivity contribution < 1.29 is 24.2 Å². The average molecular weight is 324 g/mol. The fraction of sp³-hybridized carbons (Fsp3) is 0.368. The van der Waals surface area contributed by atoms with Gasteiger partial charge in [0.05, 0.1) is 12.4 Å². The molecule has 0 aliphatic heterocycles. The van der Waals surface area contributed by atoms with Gasteiger partial charge in [0.1, 0.15) is 6.10 Å². The monoisotopic (exact) mass is 324 g/mol. The Morgan fingerprint density at radius 2 is 2.00 bits per heavy atom. The highest BCUT2D eigenvalue weighted by Gasteiger charge is 2.51. The van der Waals surface area contributed by atoms with Crippen molar-refractivity contribution in [2.75, 3.05) is 0 Å². The lowest BCUT2D eigenvalue weighted by atomic mass is 9.61. The zero-order valence-corrected chi connectivity index (χ0v) is 13.1. The molecule has 24 heavy (non-hydrogen) atoms. The maximum atomic E-state index is 13.1. The van der Waals surface area contributed by atoms with Crippen LogP contribution in [-0.2, 0) is 11.8 Å². The largest absolute Gasteiger partial charge is 0.460 e. The molecule has 0 radical (unpaired) electrons. The molecule has 5 rings (SSSR count). The van der Waals surface area contributed by atoms with Crippen LogP contribution in [0.25, 0.3) is 0 Å². The van der Waals surface area contributed by atoms with Crippen LogP contribution in [0.4, 0.5) is 0 Å². The van der Waals surface area contributed by atoms with Gasteiger partial charge in [-0.15, -0.1) is 0 Å². The molecular weight excluding hydrogens is 308 g/mol. The number of ketones is 2. The van der Waals surface area contributed by atoms with Gasteiger partial charge < -0.3 is 14.6 Å². The van der Waals surface area contributed by atoms with Crippen LogP contribution in [0.1, 0.15) is 74.6 Å². The maximum absolute atomic E-state index is 13.1. The summed E-state index contributed by atoms with van der Waals surface area (Å²) < 4.78 is 5.52. The van der Waals surface area contributed by atoms with E-state index in [1.807, 2.05) is 13.0 Å². The lowest BCUT2D eigenvalue weighted by Gasteiger charge is -2.42. The van der Waals surface area contributed by atoms with Crippen LogP contribution >= 0.6 is 0 Å². The van der Waals surface area contributed by atoms with Crippen molar-refractivity contribution in [2.45, 2.75) is 43.8 Å². The van der Waals surface area contributed by atoms with E-state index in [9.17, 15) is 19.8 Å². The standard InChI is InChI=1S/C19H16O5/c1-19-6-13(21)16(22)10-7-24-18(15(10)19)17(23)14-9-3-5-12(20)8(9)2-4-11(14)19/h2,4,7,13,16,21-22H,3,5-6H2,1H3/t13-,16+,19+/m0/s1. The highest BCUT2D eigenvalue weighted by atomic mass is 16.3. The number of rotatable bonds is 0. The summed E-state index contributed by atoms with van der Waals surface area (Å²) in [5.74, 6) is 0.0772. The Morgan fingerprint density at radius 3 is 2.79 bits per heavy atom. The molecule has 0 saturated carbocycles. The van der Waals surface area contributed by atoms with Crippen molar-refractivity contribution in [3.63, 3.8) is 0 Å². The third-order valence-corrected chi connectivity index (χ3v) is 5.91. The van der Waals surface area contributed by atoms with Crippen molar-refractivity contribution in [3.05, 3.63) is 57.5 Å². The SMILES string of the molecule is C[C@]12C[C@H](O)[C@H](O)c3coc(c31)C(=O)c1c2ccc2c1CCC2=O. The van der Waals surface area contributed by atoms with Gasteiger partial charge in [-0.05, 0) is 24.0 Å². The predicted octanol–water partition coefficient (Wildman–Crippen LogP) is 2.06. The number of carbonyl (C=O) groups is 2. The molecule has 5 nitrogen and oxygen atoms in total. The number of hydrogen-bond donors (Lipinski definition) is 2. The second kappa shape index (κ2) is 4.23. The van der Waals surface area contributed by atoms with E-state index in [1.165, 1.54) is 6.26 Å². The van der Waals surface area contributed by atoms with E-state index >= 15 is 0 Å². The molecule has 0 spiro atoms. The zero-order valence-electron chi connectivity index (χ0n) is 13.1. The first-order valence-electron chi connectivity index (χ1n) is 8.15.